The summed E-state index contributed by atoms with van der Waals surface area (Å²) in [7, 11) is 0. The Labute approximate surface area is 195 Å². The van der Waals surface area contributed by atoms with Crippen molar-refractivity contribution in [3.63, 3.8) is 0 Å². The molecule has 0 atom stereocenters. The summed E-state index contributed by atoms with van der Waals surface area (Å²) < 4.78 is 1.97. The Morgan fingerprint density at radius 2 is 1.91 bits per heavy atom. The molecule has 0 radical (unpaired) electrons. The van der Waals surface area contributed by atoms with Crippen LogP contribution in [-0.4, -0.2) is 56.5 Å². The van der Waals surface area contributed by atoms with Crippen molar-refractivity contribution in [2.75, 3.05) is 19.6 Å². The van der Waals surface area contributed by atoms with Crippen LogP contribution in [0.15, 0.2) is 30.6 Å². The van der Waals surface area contributed by atoms with Gasteiger partial charge in [-0.05, 0) is 76.0 Å². The van der Waals surface area contributed by atoms with Gasteiger partial charge in [0, 0.05) is 42.8 Å². The van der Waals surface area contributed by atoms with Crippen LogP contribution < -0.4 is 5.32 Å². The van der Waals surface area contributed by atoms with Crippen molar-refractivity contribution < 1.29 is 4.79 Å². The standard InChI is InChI=1S/C26H36N6O/c1-17-13-31(14-17)15-18-5-8-21(9-6-18)28-25(33)24-22-11-19(7-10-23(22)29-30-24)20-12-27-32(16-20)26(2,3)4/h7,10-12,16-18,21H,5-6,8-9,13-15H2,1-4H3,(H,28,33)(H,29,30). The molecule has 0 spiro atoms. The van der Waals surface area contributed by atoms with Gasteiger partial charge in [0.05, 0.1) is 17.3 Å². The number of carbonyl (C=O) groups excluding carboxylic acids is 1. The Morgan fingerprint density at radius 3 is 2.58 bits per heavy atom. The number of aromatic amines is 1. The second kappa shape index (κ2) is 8.60. The number of hydrogen-bond acceptors (Lipinski definition) is 4. The Morgan fingerprint density at radius 1 is 1.15 bits per heavy atom. The van der Waals surface area contributed by atoms with Gasteiger partial charge in [-0.15, -0.1) is 0 Å². The maximum atomic E-state index is 13.1. The van der Waals surface area contributed by atoms with Gasteiger partial charge >= 0.3 is 0 Å². The second-order valence-corrected chi connectivity index (χ2v) is 11.2. The van der Waals surface area contributed by atoms with Crippen LogP contribution >= 0.6 is 0 Å². The molecule has 2 aliphatic rings. The predicted octanol–water partition coefficient (Wildman–Crippen LogP) is 4.42. The molecule has 1 amide bonds. The van der Waals surface area contributed by atoms with E-state index in [1.165, 1.54) is 32.5 Å². The molecule has 2 fully saturated rings. The molecule has 176 valence electrons. The summed E-state index contributed by atoms with van der Waals surface area (Å²) in [6.45, 7) is 12.4. The largest absolute Gasteiger partial charge is 0.348 e. The van der Waals surface area contributed by atoms with Crippen molar-refractivity contribution >= 4 is 16.8 Å². The Bertz CT molecular complexity index is 1130. The average Bonchev–Trinajstić information content (AvgIpc) is 3.41. The molecule has 1 saturated heterocycles. The number of likely N-dealkylation sites (tertiary alicyclic amines) is 1. The van der Waals surface area contributed by atoms with Crippen LogP contribution in [0.1, 0.15) is 63.9 Å². The second-order valence-electron chi connectivity index (χ2n) is 11.2. The highest BCUT2D eigenvalue weighted by Crippen LogP contribution is 2.29. The topological polar surface area (TPSA) is 78.8 Å². The first-order valence-electron chi connectivity index (χ1n) is 12.3. The zero-order valence-electron chi connectivity index (χ0n) is 20.3. The Hall–Kier alpha value is -2.67. The number of aromatic nitrogens is 4. The minimum atomic E-state index is -0.0798. The van der Waals surface area contributed by atoms with E-state index >= 15 is 0 Å². The van der Waals surface area contributed by atoms with Crippen molar-refractivity contribution in [2.45, 2.75) is 65.0 Å². The number of benzene rings is 1. The van der Waals surface area contributed by atoms with Crippen molar-refractivity contribution in [3.05, 3.63) is 36.3 Å². The smallest absolute Gasteiger partial charge is 0.272 e. The fourth-order valence-corrected chi connectivity index (χ4v) is 5.29. The molecule has 0 bridgehead atoms. The van der Waals surface area contributed by atoms with E-state index in [4.69, 9.17) is 0 Å². The third kappa shape index (κ3) is 4.69. The molecule has 3 aromatic rings. The average molecular weight is 449 g/mol. The molecule has 7 heteroatoms. The van der Waals surface area contributed by atoms with Crippen molar-refractivity contribution in [1.82, 2.24) is 30.2 Å². The molecule has 0 unspecified atom stereocenters. The molecule has 1 aliphatic carbocycles. The molecule has 33 heavy (non-hydrogen) atoms. The van der Waals surface area contributed by atoms with E-state index in [1.54, 1.807) is 0 Å². The van der Waals surface area contributed by atoms with Crippen molar-refractivity contribution in [1.29, 1.82) is 0 Å². The maximum Gasteiger partial charge on any atom is 0.272 e. The van der Waals surface area contributed by atoms with Crippen LogP contribution in [0.25, 0.3) is 22.0 Å². The van der Waals surface area contributed by atoms with Crippen LogP contribution in [0.4, 0.5) is 0 Å². The van der Waals surface area contributed by atoms with Gasteiger partial charge in [-0.2, -0.15) is 10.2 Å². The van der Waals surface area contributed by atoms with E-state index in [1.807, 2.05) is 29.1 Å². The van der Waals surface area contributed by atoms with Crippen LogP contribution in [0.5, 0.6) is 0 Å². The minimum absolute atomic E-state index is 0.0737. The SMILES string of the molecule is CC1CN(CC2CCC(NC(=O)c3n[nH]c4ccc(-c5cnn(C(C)(C)C)c5)cc34)CC2)C1. The molecule has 2 aromatic heterocycles. The molecule has 7 nitrogen and oxygen atoms in total. The lowest BCUT2D eigenvalue weighted by Crippen LogP contribution is -2.48. The number of nitrogens with one attached hydrogen (secondary N) is 2. The quantitative estimate of drug-likeness (QED) is 0.606. The zero-order valence-corrected chi connectivity index (χ0v) is 20.3. The summed E-state index contributed by atoms with van der Waals surface area (Å²) in [5, 5.41) is 16.0. The van der Waals surface area contributed by atoms with E-state index in [0.717, 1.165) is 46.7 Å². The summed E-state index contributed by atoms with van der Waals surface area (Å²) in [5.74, 6) is 1.55. The molecule has 1 aromatic carbocycles. The summed E-state index contributed by atoms with van der Waals surface area (Å²) in [5.41, 5.74) is 3.35. The van der Waals surface area contributed by atoms with E-state index in [2.05, 4.69) is 59.4 Å². The van der Waals surface area contributed by atoms with E-state index in [-0.39, 0.29) is 17.5 Å². The summed E-state index contributed by atoms with van der Waals surface area (Å²) in [6, 6.07) is 6.32. The lowest BCUT2D eigenvalue weighted by molar-refractivity contribution is 0.0772. The first kappa shape index (κ1) is 22.1. The van der Waals surface area contributed by atoms with E-state index in [0.29, 0.717) is 5.69 Å². The van der Waals surface area contributed by atoms with Gasteiger partial charge in [-0.25, -0.2) is 0 Å². The molecule has 2 N–H and O–H groups in total. The number of H-pyrrole nitrogens is 1. The zero-order chi connectivity index (χ0) is 23.2. The molecule has 3 heterocycles. The van der Waals surface area contributed by atoms with Crippen LogP contribution in [-0.2, 0) is 5.54 Å². The number of amides is 1. The molecule has 1 saturated carbocycles. The third-order valence-electron chi connectivity index (χ3n) is 7.22. The summed E-state index contributed by atoms with van der Waals surface area (Å²) in [4.78, 5) is 15.7. The number of nitrogens with zero attached hydrogens (tertiary/aromatic N) is 4. The van der Waals surface area contributed by atoms with Gasteiger partial charge in [0.1, 0.15) is 0 Å². The van der Waals surface area contributed by atoms with Crippen molar-refractivity contribution in [3.8, 4) is 11.1 Å². The van der Waals surface area contributed by atoms with Gasteiger partial charge in [0.15, 0.2) is 5.69 Å². The normalized spacial score (nSPS) is 22.4. The highest BCUT2D eigenvalue weighted by atomic mass is 16.2. The third-order valence-corrected chi connectivity index (χ3v) is 7.22. The molecular formula is C26H36N6O. The number of fused-ring (bicyclic) bond motifs is 1. The predicted molar refractivity (Wildman–Crippen MR) is 131 cm³/mol. The summed E-state index contributed by atoms with van der Waals surface area (Å²) in [6.07, 6.45) is 8.43. The van der Waals surface area contributed by atoms with Crippen LogP contribution in [0, 0.1) is 11.8 Å². The Balaban J connectivity index is 1.24. The summed E-state index contributed by atoms with van der Waals surface area (Å²) >= 11 is 0. The Kier molecular flexibility index (Phi) is 5.77. The highest BCUT2D eigenvalue weighted by Gasteiger charge is 2.29. The fourth-order valence-electron chi connectivity index (χ4n) is 5.29. The monoisotopic (exact) mass is 448 g/mol. The van der Waals surface area contributed by atoms with Gasteiger partial charge < -0.3 is 10.2 Å². The first-order chi connectivity index (χ1) is 15.8. The number of hydrogen-bond donors (Lipinski definition) is 2. The molecule has 1 aliphatic heterocycles. The van der Waals surface area contributed by atoms with Gasteiger partial charge in [-0.3, -0.25) is 14.6 Å². The highest BCUT2D eigenvalue weighted by molar-refractivity contribution is 6.05. The van der Waals surface area contributed by atoms with Crippen molar-refractivity contribution in [2.24, 2.45) is 11.8 Å². The molecular weight excluding hydrogens is 412 g/mol. The maximum absolute atomic E-state index is 13.1. The van der Waals surface area contributed by atoms with Gasteiger partial charge in [-0.1, -0.05) is 13.0 Å². The minimum Gasteiger partial charge on any atom is -0.348 e. The lowest BCUT2D eigenvalue weighted by Gasteiger charge is -2.41. The fraction of sp³-hybridized carbons (Fsp3) is 0.577. The lowest BCUT2D eigenvalue weighted by atomic mass is 9.84. The van der Waals surface area contributed by atoms with Gasteiger partial charge in [0.25, 0.3) is 5.91 Å². The molecule has 5 rings (SSSR count). The van der Waals surface area contributed by atoms with E-state index in [9.17, 15) is 4.79 Å². The van der Waals surface area contributed by atoms with E-state index < -0.39 is 0 Å². The van der Waals surface area contributed by atoms with Crippen LogP contribution in [0.3, 0.4) is 0 Å². The number of rotatable bonds is 5. The van der Waals surface area contributed by atoms with Gasteiger partial charge in [0.2, 0.25) is 0 Å². The van der Waals surface area contributed by atoms with Crippen LogP contribution in [0.2, 0.25) is 0 Å². The first-order valence-corrected chi connectivity index (χ1v) is 12.3. The number of carbonyl (C=O) groups is 1.